The van der Waals surface area contributed by atoms with E-state index in [1.165, 1.54) is 11.1 Å². The Morgan fingerprint density at radius 1 is 0.943 bits per heavy atom. The van der Waals surface area contributed by atoms with E-state index >= 15 is 0 Å². The summed E-state index contributed by atoms with van der Waals surface area (Å²) in [5, 5.41) is 8.15. The molecule has 2 aromatic heterocycles. The summed E-state index contributed by atoms with van der Waals surface area (Å²) in [6.45, 7) is 9.70. The van der Waals surface area contributed by atoms with Gasteiger partial charge in [0.15, 0.2) is 11.6 Å². The first-order chi connectivity index (χ1) is 16.7. The van der Waals surface area contributed by atoms with Crippen LogP contribution < -0.4 is 9.64 Å². The summed E-state index contributed by atoms with van der Waals surface area (Å²) in [4.78, 5) is 45.7. The number of hydrogen-bond acceptors (Lipinski definition) is 7. The minimum atomic E-state index is -1.26. The Bertz CT molecular complexity index is 1240. The number of ketones is 2. The number of benzene rings is 1. The number of nitrogens with zero attached hydrogens (tertiary/aromatic N) is 4. The molecule has 1 aliphatic heterocycles. The number of anilines is 1. The van der Waals surface area contributed by atoms with Gasteiger partial charge >= 0.3 is 0 Å². The molecule has 2 atom stereocenters. The molecule has 0 radical (unpaired) electrons. The molecular weight excluding hydrogens is 444 g/mol. The minimum absolute atomic E-state index is 0.0419. The van der Waals surface area contributed by atoms with Gasteiger partial charge in [-0.1, -0.05) is 38.1 Å². The second kappa shape index (κ2) is 9.74. The van der Waals surface area contributed by atoms with Crippen molar-refractivity contribution in [1.29, 1.82) is 0 Å². The van der Waals surface area contributed by atoms with Crippen molar-refractivity contribution in [3.63, 3.8) is 0 Å². The Morgan fingerprint density at radius 3 is 2.20 bits per heavy atom. The quantitative estimate of drug-likeness (QED) is 0.288. The maximum Gasteiger partial charge on any atom is 0.297 e. The van der Waals surface area contributed by atoms with E-state index in [1.807, 2.05) is 26.0 Å². The topological polar surface area (TPSA) is 102 Å². The fourth-order valence-electron chi connectivity index (χ4n) is 4.12. The van der Waals surface area contributed by atoms with Crippen LogP contribution in [0.5, 0.6) is 5.75 Å². The molecule has 1 aliphatic rings. The standard InChI is InChI=1S/C27H28N4O4/c1-15(2)18-7-9-19(10-8-18)25(32)23-24(21-12-11-20(14-28-21)35-16(3)4)31(27(34)26(23)33)22-13-6-17(5)29-30-22/h6-16,23-24H,1-5H3. The summed E-state index contributed by atoms with van der Waals surface area (Å²) in [6, 6.07) is 12.9. The summed E-state index contributed by atoms with van der Waals surface area (Å²) in [5.74, 6) is -2.26. The van der Waals surface area contributed by atoms with Gasteiger partial charge in [0.2, 0.25) is 5.78 Å². The number of Topliss-reactive ketones (excluding diaryl/α,β-unsaturated/α-hetero) is 2. The van der Waals surface area contributed by atoms with Crippen molar-refractivity contribution in [2.24, 2.45) is 5.92 Å². The predicted molar refractivity (Wildman–Crippen MR) is 130 cm³/mol. The van der Waals surface area contributed by atoms with Crippen LogP contribution >= 0.6 is 0 Å². The zero-order chi connectivity index (χ0) is 25.3. The molecule has 8 heteroatoms. The van der Waals surface area contributed by atoms with Gasteiger partial charge < -0.3 is 4.74 Å². The molecule has 4 rings (SSSR count). The molecule has 180 valence electrons. The maximum atomic E-state index is 13.6. The van der Waals surface area contributed by atoms with Crippen LogP contribution in [-0.2, 0) is 9.59 Å². The second-order valence-corrected chi connectivity index (χ2v) is 9.22. The van der Waals surface area contributed by atoms with E-state index in [0.717, 1.165) is 5.56 Å². The summed E-state index contributed by atoms with van der Waals surface area (Å²) >= 11 is 0. The molecule has 1 saturated heterocycles. The number of amides is 1. The van der Waals surface area contributed by atoms with Crippen molar-refractivity contribution in [3.8, 4) is 5.75 Å². The lowest BCUT2D eigenvalue weighted by molar-refractivity contribution is -0.135. The summed E-state index contributed by atoms with van der Waals surface area (Å²) in [5.41, 5.74) is 2.49. The number of aryl methyl sites for hydroxylation is 1. The van der Waals surface area contributed by atoms with Crippen LogP contribution in [0.15, 0.2) is 54.7 Å². The fraction of sp³-hybridized carbons (Fsp3) is 0.333. The number of pyridine rings is 1. The molecule has 1 aromatic carbocycles. The first-order valence-corrected chi connectivity index (χ1v) is 11.6. The summed E-state index contributed by atoms with van der Waals surface area (Å²) in [7, 11) is 0. The molecule has 0 saturated carbocycles. The minimum Gasteiger partial charge on any atom is -0.489 e. The average Bonchev–Trinajstić information content (AvgIpc) is 3.10. The van der Waals surface area contributed by atoms with Gasteiger partial charge in [-0.15, -0.1) is 5.10 Å². The normalized spacial score (nSPS) is 18.0. The zero-order valence-corrected chi connectivity index (χ0v) is 20.4. The summed E-state index contributed by atoms with van der Waals surface area (Å²) < 4.78 is 5.67. The predicted octanol–water partition coefficient (Wildman–Crippen LogP) is 4.25. The van der Waals surface area contributed by atoms with Gasteiger partial charge in [-0.3, -0.25) is 24.3 Å². The average molecular weight is 473 g/mol. The van der Waals surface area contributed by atoms with E-state index in [1.54, 1.807) is 43.3 Å². The Labute approximate surface area is 204 Å². The number of rotatable bonds is 7. The highest BCUT2D eigenvalue weighted by molar-refractivity contribution is 6.48. The van der Waals surface area contributed by atoms with Crippen molar-refractivity contribution in [2.75, 3.05) is 4.90 Å². The van der Waals surface area contributed by atoms with E-state index in [-0.39, 0.29) is 11.9 Å². The smallest absolute Gasteiger partial charge is 0.297 e. The SMILES string of the molecule is Cc1ccc(N2C(=O)C(=O)C(C(=O)c3ccc(C(C)C)cc3)C2c2ccc(OC(C)C)cn2)nn1. The molecule has 3 aromatic rings. The first kappa shape index (κ1) is 24.2. The highest BCUT2D eigenvalue weighted by Gasteiger charge is 2.53. The number of carbonyl (C=O) groups is 3. The molecule has 0 bridgehead atoms. The van der Waals surface area contributed by atoms with Crippen LogP contribution in [-0.4, -0.2) is 38.8 Å². The van der Waals surface area contributed by atoms with Crippen LogP contribution in [0.2, 0.25) is 0 Å². The number of carbonyl (C=O) groups excluding carboxylic acids is 3. The second-order valence-electron chi connectivity index (χ2n) is 9.22. The third-order valence-corrected chi connectivity index (χ3v) is 5.91. The lowest BCUT2D eigenvalue weighted by atomic mass is 9.87. The third-order valence-electron chi connectivity index (χ3n) is 5.91. The highest BCUT2D eigenvalue weighted by atomic mass is 16.5. The largest absolute Gasteiger partial charge is 0.489 e. The molecule has 0 spiro atoms. The molecular formula is C27H28N4O4. The Morgan fingerprint density at radius 2 is 1.66 bits per heavy atom. The first-order valence-electron chi connectivity index (χ1n) is 11.6. The summed E-state index contributed by atoms with van der Waals surface area (Å²) in [6.07, 6.45) is 1.49. The Balaban J connectivity index is 1.78. The van der Waals surface area contributed by atoms with Crippen LogP contribution in [0.4, 0.5) is 5.82 Å². The molecule has 1 fully saturated rings. The van der Waals surface area contributed by atoms with Crippen molar-refractivity contribution >= 4 is 23.3 Å². The molecule has 0 aliphatic carbocycles. The van der Waals surface area contributed by atoms with Crippen LogP contribution in [0.3, 0.4) is 0 Å². The molecule has 0 N–H and O–H groups in total. The molecule has 1 amide bonds. The van der Waals surface area contributed by atoms with Gasteiger partial charge in [-0.05, 0) is 56.5 Å². The van der Waals surface area contributed by atoms with E-state index in [0.29, 0.717) is 28.6 Å². The van der Waals surface area contributed by atoms with Gasteiger partial charge in [0.1, 0.15) is 11.7 Å². The lowest BCUT2D eigenvalue weighted by Gasteiger charge is -2.25. The van der Waals surface area contributed by atoms with Gasteiger partial charge in [-0.25, -0.2) is 0 Å². The van der Waals surface area contributed by atoms with Crippen molar-refractivity contribution in [3.05, 3.63) is 77.2 Å². The van der Waals surface area contributed by atoms with Crippen molar-refractivity contribution < 1.29 is 19.1 Å². The van der Waals surface area contributed by atoms with Crippen LogP contribution in [0, 0.1) is 12.8 Å². The van der Waals surface area contributed by atoms with Gasteiger partial charge in [0, 0.05) is 5.56 Å². The monoisotopic (exact) mass is 472 g/mol. The van der Waals surface area contributed by atoms with Crippen molar-refractivity contribution in [2.45, 2.75) is 52.7 Å². The van der Waals surface area contributed by atoms with Gasteiger partial charge in [0.25, 0.3) is 5.91 Å². The highest BCUT2D eigenvalue weighted by Crippen LogP contribution is 2.40. The number of ether oxygens (including phenoxy) is 1. The molecule has 8 nitrogen and oxygen atoms in total. The molecule has 35 heavy (non-hydrogen) atoms. The Kier molecular flexibility index (Phi) is 6.73. The number of aromatic nitrogens is 3. The lowest BCUT2D eigenvalue weighted by Crippen LogP contribution is -2.32. The van der Waals surface area contributed by atoms with Gasteiger partial charge in [-0.2, -0.15) is 5.10 Å². The molecule has 3 heterocycles. The zero-order valence-electron chi connectivity index (χ0n) is 20.4. The molecule has 2 unspecified atom stereocenters. The van der Waals surface area contributed by atoms with E-state index in [2.05, 4.69) is 29.0 Å². The van der Waals surface area contributed by atoms with Crippen molar-refractivity contribution in [1.82, 2.24) is 15.2 Å². The fourth-order valence-corrected chi connectivity index (χ4v) is 4.12. The van der Waals surface area contributed by atoms with E-state index in [4.69, 9.17) is 4.74 Å². The Hall–Kier alpha value is -3.94. The third kappa shape index (κ3) is 4.82. The number of hydrogen-bond donors (Lipinski definition) is 0. The van der Waals surface area contributed by atoms with Gasteiger partial charge in [0.05, 0.1) is 29.7 Å². The van der Waals surface area contributed by atoms with Crippen LogP contribution in [0.25, 0.3) is 0 Å². The maximum absolute atomic E-state index is 13.6. The van der Waals surface area contributed by atoms with E-state index in [9.17, 15) is 14.4 Å². The van der Waals surface area contributed by atoms with E-state index < -0.39 is 29.4 Å². The van der Waals surface area contributed by atoms with Crippen LogP contribution in [0.1, 0.15) is 67.0 Å².